The van der Waals surface area contributed by atoms with Crippen LogP contribution in [-0.2, 0) is 86.4 Å². The van der Waals surface area contributed by atoms with Crippen molar-refractivity contribution in [3.05, 3.63) is 124 Å². The molecule has 0 bridgehead atoms. The molecule has 45 heteroatoms. The second kappa shape index (κ2) is 50.1. The number of aromatic nitrogens is 5. The van der Waals surface area contributed by atoms with E-state index in [1.54, 1.807) is 57.3 Å². The van der Waals surface area contributed by atoms with E-state index in [0.29, 0.717) is 60.2 Å². The number of carbonyl (C=O) groups excluding carboxylic acids is 14. The molecule has 44 nitrogen and oxygen atoms in total. The predicted molar refractivity (Wildman–Crippen MR) is 455 cm³/mol. The number of likely N-dealkylation sites (tertiary alicyclic amines) is 1. The maximum atomic E-state index is 14.7. The first-order valence-electron chi connectivity index (χ1n) is 40.5. The van der Waals surface area contributed by atoms with Crippen LogP contribution in [0.4, 0.5) is 23.1 Å². The van der Waals surface area contributed by atoms with E-state index in [1.807, 2.05) is 19.9 Å². The Bertz CT molecular complexity index is 4850. The first kappa shape index (κ1) is 102. The van der Waals surface area contributed by atoms with Gasteiger partial charge in [-0.15, -0.1) is 0 Å². The standard InChI is InChI=1S/C59H84N16O12.C20H23N7O7.C2H4O2.Ca/c1-6-63-57(86)48-14-10-22-75(48)58(87)41(13-9-21-64-59(60)61)68-51(80)42(23-32(2)3)69-52(81)43(24-33(4)5)70-53(82)44(25-34-15-17-37(77)18-16-34)71-56(85)47(30-76)74-54(83)45(26-35-28-65-39-12-8-7-11-38(35)39)72-55(84)46(27-36-29-62-31-66-36)73-50(79)40-19-20-49(78)67-40;21-20-25-16-15(18(32)26-20)27(9-28)12(8-23-16)7-22-11-3-1-10(2-4-11)17(31)24-13(19(33)34)5-6-14(29)30;1-2(3)4;/h7-8,11-12,15-18,28-29,31-33,40-48,65,76-77H,6,9-10,13-14,19-27,30H2,1-5H3,(H,62,66)(H,63,86)(H,67,78)(H,68,80)(H,69,81)(H,70,82)(H,71,85)(H,72,84)(H,73,79)(H,74,83)(H4,60,61,64);1-4,9,12-13,22H,5-8H2,(H,24,31)(H,29,30)(H,33,34)(H4,21,23,25,26,32);1H3,(H,3,4);/q;;;+2/p-2/t40-,41-,42-,43+,44-,45-,46-,47-,48-;12?,13-;;/m00../s1. The molecule has 0 radical (unpaired) electrons. The molecule has 11 atom stereocenters. The number of phenolic OH excluding ortho intramolecular Hbond substituents is 1. The van der Waals surface area contributed by atoms with Crippen LogP contribution in [-0.4, -0.2) is 284 Å². The van der Waals surface area contributed by atoms with E-state index in [2.05, 4.69) is 93.7 Å². The summed E-state index contributed by atoms with van der Waals surface area (Å²) in [5.74, 6) is -12.0. The van der Waals surface area contributed by atoms with Crippen molar-refractivity contribution in [2.24, 2.45) is 28.3 Å². The van der Waals surface area contributed by atoms with Gasteiger partial charge < -0.3 is 136 Å². The van der Waals surface area contributed by atoms with Crippen molar-refractivity contribution in [1.29, 1.82) is 0 Å². The van der Waals surface area contributed by atoms with Crippen LogP contribution in [0.5, 0.6) is 5.75 Å². The smallest absolute Gasteiger partial charge is 0.550 e. The number of aliphatic imine (C=N–C) groups is 1. The minimum atomic E-state index is -1.75. The summed E-state index contributed by atoms with van der Waals surface area (Å²) in [4.78, 5) is 230. The van der Waals surface area contributed by atoms with Gasteiger partial charge in [0.15, 0.2) is 17.5 Å². The number of aliphatic hydroxyl groups excluding tert-OH is 1. The van der Waals surface area contributed by atoms with Crippen LogP contribution in [0.15, 0.2) is 101 Å². The number of fused-ring (bicyclic) bond motifs is 2. The number of aliphatic carboxylic acids is 3. The number of aliphatic hydroxyl groups is 1. The summed E-state index contributed by atoms with van der Waals surface area (Å²) in [7, 11) is 0. The molecule has 0 aliphatic carbocycles. The van der Waals surface area contributed by atoms with Crippen LogP contribution in [0.3, 0.4) is 0 Å². The Balaban J connectivity index is 0.000000519. The number of likely N-dealkylation sites (N-methyl/N-ethyl adjacent to an activating group) is 1. The number of imidazole rings is 1. The number of phenols is 1. The molecule has 676 valence electrons. The number of H-pyrrole nitrogens is 3. The first-order chi connectivity index (χ1) is 59.4. The number of amides is 12. The number of carboxylic acid groups (broad SMARTS) is 3. The van der Waals surface area contributed by atoms with E-state index < -0.39 is 156 Å². The van der Waals surface area contributed by atoms with E-state index in [1.165, 1.54) is 58.7 Å². The molecule has 1 unspecified atom stereocenters. The number of aromatic hydroxyl groups is 1. The van der Waals surface area contributed by atoms with Crippen LogP contribution in [0.1, 0.15) is 133 Å². The second-order valence-corrected chi connectivity index (χ2v) is 30.7. The van der Waals surface area contributed by atoms with E-state index in [-0.39, 0.29) is 180 Å². The fraction of sp³-hybridized carbons (Fsp3) is 0.469. The number of anilines is 4. The Labute approximate surface area is 753 Å². The van der Waals surface area contributed by atoms with E-state index in [9.17, 15) is 92.3 Å². The average Bonchev–Trinajstić information content (AvgIpc) is 1.31. The van der Waals surface area contributed by atoms with Crippen LogP contribution >= 0.6 is 0 Å². The number of hydrogen-bond acceptors (Lipinski definition) is 26. The molecule has 12 amide bonds. The van der Waals surface area contributed by atoms with Crippen molar-refractivity contribution in [2.45, 2.75) is 191 Å². The van der Waals surface area contributed by atoms with Crippen molar-refractivity contribution in [3.8, 4) is 5.75 Å². The minimum Gasteiger partial charge on any atom is -0.550 e. The Morgan fingerprint density at radius 1 is 0.706 bits per heavy atom. The monoisotopic (exact) mass is 1780 g/mol. The molecule has 9 rings (SSSR count). The molecule has 3 aliphatic rings. The molecule has 126 heavy (non-hydrogen) atoms. The zero-order valence-corrected chi connectivity index (χ0v) is 72.8. The van der Waals surface area contributed by atoms with Crippen LogP contribution < -0.4 is 102 Å². The molecule has 3 aliphatic heterocycles. The Morgan fingerprint density at radius 2 is 1.29 bits per heavy atom. The molecule has 0 saturated carbocycles. The minimum absolute atomic E-state index is 0. The summed E-state index contributed by atoms with van der Waals surface area (Å²) in [6, 6.07) is 5.67. The number of nitrogens with two attached hydrogens (primary N) is 3. The number of carbonyl (C=O) groups is 15. The number of nitrogens with one attached hydrogen (secondary N) is 15. The summed E-state index contributed by atoms with van der Waals surface area (Å²) in [5, 5.41) is 83.2. The molecule has 3 aromatic carbocycles. The first-order valence-corrected chi connectivity index (χ1v) is 40.5. The number of guanidine groups is 1. The SMILES string of the molecule is CC(=O)O.CCNC(=O)[C@@H]1CCCN1C(=O)[C@H](CCCN=C(N)N)NC(=O)[C@H](CC(C)C)NC(=O)[C@@H](CC(C)C)NC(=O)[C@H](Cc1ccc(O)cc1)NC(=O)[C@H](CO)NC(=O)[C@H](Cc1c[nH]c2ccccc12)NC(=O)[C@H](Cc1cnc[nH]1)NC(=O)[C@@H]1CCC(=O)N1.Nc1nc2c(c(=O)[nH]1)N(C=O)C(CNc1ccc(C(=O)N[C@@H](CCC(=O)[O-])C(=O)[O-])cc1)CN2.[Ca+2]. The van der Waals surface area contributed by atoms with Gasteiger partial charge in [0.05, 0.1) is 31.0 Å². The van der Waals surface area contributed by atoms with Gasteiger partial charge in [-0.3, -0.25) is 77.1 Å². The maximum absolute atomic E-state index is 14.7. The number of carboxylic acids is 3. The van der Waals surface area contributed by atoms with Gasteiger partial charge in [0, 0.05) is 112 Å². The van der Waals surface area contributed by atoms with E-state index >= 15 is 0 Å². The number of para-hydroxylation sites is 1. The Morgan fingerprint density at radius 3 is 1.86 bits per heavy atom. The van der Waals surface area contributed by atoms with Gasteiger partial charge in [-0.2, -0.15) is 4.98 Å². The molecule has 6 heterocycles. The summed E-state index contributed by atoms with van der Waals surface area (Å²) in [6.07, 6.45) is 5.42. The molecule has 24 N–H and O–H groups in total. The number of nitrogens with zero attached hydrogens (tertiary/aromatic N) is 5. The van der Waals surface area contributed by atoms with Crippen molar-refractivity contribution in [1.82, 2.24) is 83.0 Å². The van der Waals surface area contributed by atoms with Crippen LogP contribution in [0.2, 0.25) is 0 Å². The van der Waals surface area contributed by atoms with E-state index in [0.717, 1.165) is 12.4 Å². The molecule has 3 aromatic heterocycles. The van der Waals surface area contributed by atoms with Gasteiger partial charge in [-0.05, 0) is 130 Å². The Hall–Kier alpha value is -13.0. The third kappa shape index (κ3) is 31.7. The Kier molecular flexibility index (Phi) is 40.5. The normalized spacial score (nSPS) is 16.2. The molecule has 6 aromatic rings. The summed E-state index contributed by atoms with van der Waals surface area (Å²) >= 11 is 0. The number of benzene rings is 3. The van der Waals surface area contributed by atoms with Crippen molar-refractivity contribution in [2.75, 3.05) is 60.6 Å². The fourth-order valence-electron chi connectivity index (χ4n) is 13.9. The zero-order valence-electron chi connectivity index (χ0n) is 70.5. The van der Waals surface area contributed by atoms with Crippen molar-refractivity contribution in [3.63, 3.8) is 0 Å². The van der Waals surface area contributed by atoms with Gasteiger partial charge in [0.25, 0.3) is 17.4 Å². The third-order valence-corrected chi connectivity index (χ3v) is 20.0. The molecular formula is C81H109CaN23O21. The van der Waals surface area contributed by atoms with Gasteiger partial charge >= 0.3 is 37.7 Å². The molecule has 2 saturated heterocycles. The quantitative estimate of drug-likeness (QED) is 0.00560. The number of nitrogen functional groups attached to an aromatic ring is 1. The fourth-order valence-corrected chi connectivity index (χ4v) is 13.9. The van der Waals surface area contributed by atoms with Gasteiger partial charge in [-0.1, -0.05) is 58.0 Å². The third-order valence-electron chi connectivity index (χ3n) is 20.0. The predicted octanol–water partition coefficient (Wildman–Crippen LogP) is -5.13. The molecular weight excluding hydrogens is 1670 g/mol. The summed E-state index contributed by atoms with van der Waals surface area (Å²) in [6.45, 7) is 10.5. The zero-order chi connectivity index (χ0) is 91.7. The van der Waals surface area contributed by atoms with Crippen molar-refractivity contribution < 1.29 is 97.5 Å². The number of aromatic amines is 3. The summed E-state index contributed by atoms with van der Waals surface area (Å²) in [5.41, 5.74) is 19.0. The largest absolute Gasteiger partial charge is 2.00 e. The van der Waals surface area contributed by atoms with Crippen molar-refractivity contribution >= 4 is 167 Å². The average molecular weight is 1780 g/mol. The number of hydrogen-bond donors (Lipinski definition) is 21. The van der Waals surface area contributed by atoms with Crippen LogP contribution in [0, 0.1) is 11.8 Å². The topological polar surface area (TPSA) is 694 Å². The van der Waals surface area contributed by atoms with E-state index in [4.69, 9.17) is 27.1 Å². The summed E-state index contributed by atoms with van der Waals surface area (Å²) < 4.78 is 0. The molecule has 2 fully saturated rings. The van der Waals surface area contributed by atoms with Gasteiger partial charge in [0.2, 0.25) is 71.4 Å². The number of rotatable bonds is 42. The maximum Gasteiger partial charge on any atom is 2.00 e. The molecule has 0 spiro atoms. The van der Waals surface area contributed by atoms with Gasteiger partial charge in [-0.25, -0.2) is 4.98 Å². The van der Waals surface area contributed by atoms with Gasteiger partial charge in [0.1, 0.15) is 60.1 Å². The van der Waals surface area contributed by atoms with Crippen LogP contribution in [0.25, 0.3) is 10.9 Å². The second-order valence-electron chi connectivity index (χ2n) is 30.7.